The normalized spacial score (nSPS) is 16.8. The first-order valence-corrected chi connectivity index (χ1v) is 8.81. The Balaban J connectivity index is 1.60. The van der Waals surface area contributed by atoms with Crippen LogP contribution in [0.3, 0.4) is 0 Å². The van der Waals surface area contributed by atoms with Crippen LogP contribution in [-0.4, -0.2) is 30.4 Å². The number of hydrogen-bond donors (Lipinski definition) is 1. The van der Waals surface area contributed by atoms with E-state index >= 15 is 0 Å². The molecule has 1 N–H and O–H groups in total. The number of hydrogen-bond acceptors (Lipinski definition) is 3. The van der Waals surface area contributed by atoms with Gasteiger partial charge in [-0.15, -0.1) is 0 Å². The van der Waals surface area contributed by atoms with Crippen molar-refractivity contribution >= 4 is 33.4 Å². The molecular formula is C19H19BrN2O3. The predicted molar refractivity (Wildman–Crippen MR) is 99.3 cm³/mol. The first kappa shape index (κ1) is 17.5. The van der Waals surface area contributed by atoms with Crippen LogP contribution in [0.15, 0.2) is 53.0 Å². The molecule has 1 fully saturated rings. The molecule has 0 radical (unpaired) electrons. The maximum absolute atomic E-state index is 12.4. The van der Waals surface area contributed by atoms with Gasteiger partial charge in [0.15, 0.2) is 0 Å². The highest BCUT2D eigenvalue weighted by Crippen LogP contribution is 2.23. The third-order valence-corrected chi connectivity index (χ3v) is 4.70. The average Bonchev–Trinajstić information content (AvgIpc) is 2.96. The van der Waals surface area contributed by atoms with Gasteiger partial charge in [0, 0.05) is 29.7 Å². The zero-order chi connectivity index (χ0) is 17.8. The van der Waals surface area contributed by atoms with E-state index in [1.165, 1.54) is 0 Å². The van der Waals surface area contributed by atoms with Crippen molar-refractivity contribution in [3.63, 3.8) is 0 Å². The van der Waals surface area contributed by atoms with Crippen LogP contribution in [-0.2, 0) is 16.1 Å². The second-order valence-corrected chi connectivity index (χ2v) is 6.94. The molecule has 2 aromatic rings. The first-order valence-electron chi connectivity index (χ1n) is 8.02. The molecular weight excluding hydrogens is 384 g/mol. The molecule has 0 spiro atoms. The largest absolute Gasteiger partial charge is 0.497 e. The molecule has 1 aliphatic heterocycles. The molecule has 0 bridgehead atoms. The molecule has 5 nitrogen and oxygen atoms in total. The maximum atomic E-state index is 12.4. The highest BCUT2D eigenvalue weighted by molar-refractivity contribution is 9.10. The second kappa shape index (κ2) is 7.70. The second-order valence-electron chi connectivity index (χ2n) is 6.02. The molecule has 2 aromatic carbocycles. The summed E-state index contributed by atoms with van der Waals surface area (Å²) in [5.41, 5.74) is 1.74. The monoisotopic (exact) mass is 402 g/mol. The van der Waals surface area contributed by atoms with Crippen molar-refractivity contribution in [3.05, 3.63) is 58.6 Å². The molecule has 0 unspecified atom stereocenters. The van der Waals surface area contributed by atoms with Gasteiger partial charge in [-0.3, -0.25) is 9.59 Å². The molecule has 1 heterocycles. The molecule has 6 heteroatoms. The lowest BCUT2D eigenvalue weighted by Gasteiger charge is -2.17. The Hall–Kier alpha value is -2.34. The van der Waals surface area contributed by atoms with Crippen molar-refractivity contribution in [3.8, 4) is 5.75 Å². The molecule has 1 aliphatic rings. The van der Waals surface area contributed by atoms with E-state index in [0.29, 0.717) is 18.8 Å². The van der Waals surface area contributed by atoms with Crippen molar-refractivity contribution in [1.82, 2.24) is 4.90 Å². The van der Waals surface area contributed by atoms with Crippen molar-refractivity contribution in [1.29, 1.82) is 0 Å². The van der Waals surface area contributed by atoms with Crippen LogP contribution in [0.1, 0.15) is 12.0 Å². The van der Waals surface area contributed by atoms with E-state index < -0.39 is 0 Å². The van der Waals surface area contributed by atoms with E-state index in [0.717, 1.165) is 15.8 Å². The first-order chi connectivity index (χ1) is 12.0. The minimum absolute atomic E-state index is 0.00913. The highest BCUT2D eigenvalue weighted by Gasteiger charge is 2.34. The van der Waals surface area contributed by atoms with Crippen LogP contribution in [0, 0.1) is 5.92 Å². The topological polar surface area (TPSA) is 58.6 Å². The molecule has 1 atom stereocenters. The zero-order valence-corrected chi connectivity index (χ0v) is 15.5. The summed E-state index contributed by atoms with van der Waals surface area (Å²) in [4.78, 5) is 26.4. The summed E-state index contributed by atoms with van der Waals surface area (Å²) in [5, 5.41) is 2.87. The van der Waals surface area contributed by atoms with E-state index in [2.05, 4.69) is 21.2 Å². The number of methoxy groups -OCH3 is 1. The zero-order valence-electron chi connectivity index (χ0n) is 13.9. The van der Waals surface area contributed by atoms with E-state index in [4.69, 9.17) is 4.74 Å². The minimum atomic E-state index is -0.332. The summed E-state index contributed by atoms with van der Waals surface area (Å²) in [6.45, 7) is 0.956. The number of halogens is 1. The highest BCUT2D eigenvalue weighted by atomic mass is 79.9. The Labute approximate surface area is 155 Å². The molecule has 25 heavy (non-hydrogen) atoms. The summed E-state index contributed by atoms with van der Waals surface area (Å²) < 4.78 is 6.08. The van der Waals surface area contributed by atoms with E-state index in [9.17, 15) is 9.59 Å². The molecule has 2 amide bonds. The van der Waals surface area contributed by atoms with Gasteiger partial charge in [-0.2, -0.15) is 0 Å². The molecule has 130 valence electrons. The summed E-state index contributed by atoms with van der Waals surface area (Å²) in [6.07, 6.45) is 0.246. The lowest BCUT2D eigenvalue weighted by Crippen LogP contribution is -2.28. The lowest BCUT2D eigenvalue weighted by molar-refractivity contribution is -0.128. The molecule has 0 saturated carbocycles. The SMILES string of the molecule is COc1ccc(NC(=O)[C@@H]2CC(=O)N(Cc3cccc(Br)c3)C2)cc1. The average molecular weight is 403 g/mol. The van der Waals surface area contributed by atoms with Crippen LogP contribution in [0.5, 0.6) is 5.75 Å². The number of amides is 2. The molecule has 0 aromatic heterocycles. The van der Waals surface area contributed by atoms with Gasteiger partial charge in [0.2, 0.25) is 11.8 Å². The van der Waals surface area contributed by atoms with Crippen LogP contribution < -0.4 is 10.1 Å². The number of rotatable bonds is 5. The summed E-state index contributed by atoms with van der Waals surface area (Å²) >= 11 is 3.43. The van der Waals surface area contributed by atoms with Gasteiger partial charge in [0.25, 0.3) is 0 Å². The Morgan fingerprint density at radius 3 is 2.72 bits per heavy atom. The lowest BCUT2D eigenvalue weighted by atomic mass is 10.1. The number of likely N-dealkylation sites (tertiary alicyclic amines) is 1. The third-order valence-electron chi connectivity index (χ3n) is 4.21. The van der Waals surface area contributed by atoms with Gasteiger partial charge in [-0.25, -0.2) is 0 Å². The summed E-state index contributed by atoms with van der Waals surface area (Å²) in [6, 6.07) is 15.0. The molecule has 3 rings (SSSR count). The Bertz CT molecular complexity index is 776. The number of anilines is 1. The van der Waals surface area contributed by atoms with Crippen LogP contribution in [0.2, 0.25) is 0 Å². The van der Waals surface area contributed by atoms with Gasteiger partial charge < -0.3 is 15.0 Å². The van der Waals surface area contributed by atoms with Gasteiger partial charge in [0.05, 0.1) is 13.0 Å². The van der Waals surface area contributed by atoms with Crippen molar-refractivity contribution in [2.45, 2.75) is 13.0 Å². The summed E-state index contributed by atoms with van der Waals surface area (Å²) in [5.74, 6) is 0.279. The fraction of sp³-hybridized carbons (Fsp3) is 0.263. The standard InChI is InChI=1S/C19H19BrN2O3/c1-25-17-7-5-16(6-8-17)21-19(24)14-10-18(23)22(12-14)11-13-3-2-4-15(20)9-13/h2-9,14H,10-12H2,1H3,(H,21,24)/t14-/m1/s1. The van der Waals surface area contributed by atoms with Crippen molar-refractivity contribution in [2.75, 3.05) is 19.0 Å². The third kappa shape index (κ3) is 4.39. The number of nitrogens with one attached hydrogen (secondary N) is 1. The maximum Gasteiger partial charge on any atom is 0.229 e. The molecule has 0 aliphatic carbocycles. The smallest absolute Gasteiger partial charge is 0.229 e. The fourth-order valence-corrected chi connectivity index (χ4v) is 3.32. The van der Waals surface area contributed by atoms with Crippen LogP contribution in [0.4, 0.5) is 5.69 Å². The Morgan fingerprint density at radius 1 is 1.28 bits per heavy atom. The van der Waals surface area contributed by atoms with Crippen molar-refractivity contribution < 1.29 is 14.3 Å². The van der Waals surface area contributed by atoms with Crippen LogP contribution >= 0.6 is 15.9 Å². The van der Waals surface area contributed by atoms with Gasteiger partial charge in [0.1, 0.15) is 5.75 Å². The number of ether oxygens (including phenoxy) is 1. The van der Waals surface area contributed by atoms with E-state index in [-0.39, 0.29) is 24.2 Å². The van der Waals surface area contributed by atoms with Gasteiger partial charge in [-0.05, 0) is 42.0 Å². The van der Waals surface area contributed by atoms with Crippen molar-refractivity contribution in [2.24, 2.45) is 5.92 Å². The van der Waals surface area contributed by atoms with E-state index in [1.54, 1.807) is 36.3 Å². The quantitative estimate of drug-likeness (QED) is 0.832. The Morgan fingerprint density at radius 2 is 2.04 bits per heavy atom. The molecule has 1 saturated heterocycles. The number of nitrogens with zero attached hydrogens (tertiary/aromatic N) is 1. The minimum Gasteiger partial charge on any atom is -0.497 e. The van der Waals surface area contributed by atoms with E-state index in [1.807, 2.05) is 24.3 Å². The van der Waals surface area contributed by atoms with Crippen LogP contribution in [0.25, 0.3) is 0 Å². The fourth-order valence-electron chi connectivity index (χ4n) is 2.87. The summed E-state index contributed by atoms with van der Waals surface area (Å²) in [7, 11) is 1.59. The Kier molecular flexibility index (Phi) is 5.38. The van der Waals surface area contributed by atoms with Gasteiger partial charge >= 0.3 is 0 Å². The van der Waals surface area contributed by atoms with Gasteiger partial charge in [-0.1, -0.05) is 28.1 Å². The number of carbonyl (C=O) groups is 2. The number of carbonyl (C=O) groups excluding carboxylic acids is 2. The predicted octanol–water partition coefficient (Wildman–Crippen LogP) is 3.44. The number of benzene rings is 2.